The van der Waals surface area contributed by atoms with Crippen molar-refractivity contribution in [1.82, 2.24) is 39.0 Å². The van der Waals surface area contributed by atoms with Gasteiger partial charge in [0.1, 0.15) is 25.1 Å². The molecule has 1 aromatic carbocycles. The maximum atomic E-state index is 17.8. The van der Waals surface area contributed by atoms with Crippen LogP contribution in [0.1, 0.15) is 94.5 Å². The molecule has 2 saturated carbocycles. The van der Waals surface area contributed by atoms with Gasteiger partial charge < -0.3 is 29.6 Å². The molecule has 0 unspecified atom stereocenters. The minimum atomic E-state index is -2.64. The highest BCUT2D eigenvalue weighted by Gasteiger charge is 2.68. The molecule has 8 rings (SSSR count). The maximum absolute atomic E-state index is 17.8. The van der Waals surface area contributed by atoms with Crippen LogP contribution in [0.15, 0.2) is 31.4 Å². The SMILES string of the molecule is COC(=O)c1cc(-n2cnc3c(NC4CCC4)ncnc32)c(F)c(OC(C)=O)c1[C@H]1O[C@@H](n2cnc3c(NC4CCC4)ncnc32)[C@](C)(F)[C@@]1(C)OC(C)=O. The second-order valence-electron chi connectivity index (χ2n) is 14.3. The minimum Gasteiger partial charge on any atom is -0.465 e. The summed E-state index contributed by atoms with van der Waals surface area (Å²) in [7, 11) is 1.09. The lowest BCUT2D eigenvalue weighted by atomic mass is 9.79. The van der Waals surface area contributed by atoms with Crippen molar-refractivity contribution in [3.8, 4) is 11.4 Å². The summed E-state index contributed by atoms with van der Waals surface area (Å²) in [6, 6.07) is 1.52. The average Bonchev–Trinajstić information content (AvgIpc) is 3.78. The van der Waals surface area contributed by atoms with Crippen molar-refractivity contribution < 1.29 is 42.1 Å². The largest absolute Gasteiger partial charge is 0.465 e. The molecule has 0 spiro atoms. The Labute approximate surface area is 312 Å². The molecule has 3 fully saturated rings. The molecule has 4 aromatic heterocycles. The topological polar surface area (TPSA) is 199 Å². The summed E-state index contributed by atoms with van der Waals surface area (Å²) in [6.45, 7) is 4.49. The number of methoxy groups -OCH3 is 1. The van der Waals surface area contributed by atoms with Crippen LogP contribution in [0.2, 0.25) is 0 Å². The van der Waals surface area contributed by atoms with E-state index in [4.69, 9.17) is 18.9 Å². The quantitative estimate of drug-likeness (QED) is 0.141. The molecule has 0 radical (unpaired) electrons. The van der Waals surface area contributed by atoms with Crippen LogP contribution in [0.25, 0.3) is 28.0 Å². The van der Waals surface area contributed by atoms with Gasteiger partial charge in [0.15, 0.2) is 63.0 Å². The lowest BCUT2D eigenvalue weighted by Gasteiger charge is -2.37. The van der Waals surface area contributed by atoms with Crippen LogP contribution in [0.4, 0.5) is 20.4 Å². The molecular weight excluding hydrogens is 722 g/mol. The van der Waals surface area contributed by atoms with E-state index in [-0.39, 0.29) is 34.6 Å². The summed E-state index contributed by atoms with van der Waals surface area (Å²) in [5, 5.41) is 6.66. The number of benzene rings is 1. The molecule has 4 atom stereocenters. The lowest BCUT2D eigenvalue weighted by Crippen LogP contribution is -2.51. The molecule has 1 aliphatic heterocycles. The first-order chi connectivity index (χ1) is 26.3. The van der Waals surface area contributed by atoms with Crippen LogP contribution in [0, 0.1) is 5.82 Å². The highest BCUT2D eigenvalue weighted by Crippen LogP contribution is 2.59. The van der Waals surface area contributed by atoms with Gasteiger partial charge in [0.25, 0.3) is 0 Å². The molecule has 2 N–H and O–H groups in total. The van der Waals surface area contributed by atoms with E-state index in [1.165, 1.54) is 41.4 Å². The maximum Gasteiger partial charge on any atom is 0.338 e. The van der Waals surface area contributed by atoms with E-state index in [1.807, 2.05) is 0 Å². The summed E-state index contributed by atoms with van der Waals surface area (Å²) in [5.41, 5.74) is -5.07. The number of fused-ring (bicyclic) bond motifs is 2. The zero-order chi connectivity index (χ0) is 38.8. The van der Waals surface area contributed by atoms with E-state index < -0.39 is 58.6 Å². The molecular formula is C36H38F2N10O7. The number of alkyl halides is 1. The number of imidazole rings is 2. The Morgan fingerprint density at radius 2 is 1.47 bits per heavy atom. The number of halogens is 2. The number of nitrogens with zero attached hydrogens (tertiary/aromatic N) is 8. The fourth-order valence-corrected chi connectivity index (χ4v) is 7.34. The number of rotatable bonds is 10. The van der Waals surface area contributed by atoms with Crippen LogP contribution in [0.3, 0.4) is 0 Å². The first-order valence-corrected chi connectivity index (χ1v) is 17.9. The molecule has 5 aromatic rings. The molecule has 0 amide bonds. The number of nitrogens with one attached hydrogen (secondary N) is 2. The van der Waals surface area contributed by atoms with Gasteiger partial charge in [-0.05, 0) is 58.4 Å². The van der Waals surface area contributed by atoms with Gasteiger partial charge in [0.05, 0.1) is 24.7 Å². The molecule has 5 heterocycles. The van der Waals surface area contributed by atoms with Crippen molar-refractivity contribution in [1.29, 1.82) is 0 Å². The van der Waals surface area contributed by atoms with Crippen LogP contribution in [-0.2, 0) is 23.8 Å². The molecule has 288 valence electrons. The Morgan fingerprint density at radius 1 is 0.873 bits per heavy atom. The van der Waals surface area contributed by atoms with Crippen molar-refractivity contribution in [2.75, 3.05) is 17.7 Å². The normalized spacial score (nSPS) is 24.0. The lowest BCUT2D eigenvalue weighted by molar-refractivity contribution is -0.174. The van der Waals surface area contributed by atoms with Crippen molar-refractivity contribution >= 4 is 51.9 Å². The molecule has 19 heteroatoms. The van der Waals surface area contributed by atoms with Crippen molar-refractivity contribution in [2.24, 2.45) is 0 Å². The number of aromatic nitrogens is 8. The van der Waals surface area contributed by atoms with Gasteiger partial charge in [-0.25, -0.2) is 43.5 Å². The summed E-state index contributed by atoms with van der Waals surface area (Å²) >= 11 is 0. The number of hydrogen-bond acceptors (Lipinski definition) is 15. The van der Waals surface area contributed by atoms with Crippen molar-refractivity contribution in [3.63, 3.8) is 0 Å². The van der Waals surface area contributed by atoms with Gasteiger partial charge in [0, 0.05) is 31.5 Å². The average molecular weight is 761 g/mol. The van der Waals surface area contributed by atoms with Gasteiger partial charge in [-0.1, -0.05) is 0 Å². The van der Waals surface area contributed by atoms with E-state index in [9.17, 15) is 14.4 Å². The summed E-state index contributed by atoms with van der Waals surface area (Å²) < 4.78 is 60.4. The third-order valence-corrected chi connectivity index (χ3v) is 10.8. The number of carbonyl (C=O) groups is 3. The molecule has 2 aliphatic carbocycles. The van der Waals surface area contributed by atoms with Gasteiger partial charge in [0.2, 0.25) is 0 Å². The Bertz CT molecular complexity index is 2360. The van der Waals surface area contributed by atoms with Crippen LogP contribution >= 0.6 is 0 Å². The fourth-order valence-electron chi connectivity index (χ4n) is 7.34. The van der Waals surface area contributed by atoms with Gasteiger partial charge in [-0.15, -0.1) is 0 Å². The van der Waals surface area contributed by atoms with Gasteiger partial charge >= 0.3 is 17.9 Å². The summed E-state index contributed by atoms with van der Waals surface area (Å²) in [4.78, 5) is 65.4. The Kier molecular flexibility index (Phi) is 8.85. The zero-order valence-corrected chi connectivity index (χ0v) is 30.6. The third-order valence-electron chi connectivity index (χ3n) is 10.8. The molecule has 55 heavy (non-hydrogen) atoms. The highest BCUT2D eigenvalue weighted by atomic mass is 19.1. The van der Waals surface area contributed by atoms with Gasteiger partial charge in [-0.3, -0.25) is 18.7 Å². The molecule has 0 bridgehead atoms. The van der Waals surface area contributed by atoms with E-state index in [2.05, 4.69) is 40.5 Å². The number of esters is 3. The smallest absolute Gasteiger partial charge is 0.338 e. The summed E-state index contributed by atoms with van der Waals surface area (Å²) in [5.74, 6) is -3.99. The monoisotopic (exact) mass is 760 g/mol. The molecule has 1 saturated heterocycles. The van der Waals surface area contributed by atoms with E-state index in [0.29, 0.717) is 22.7 Å². The zero-order valence-electron chi connectivity index (χ0n) is 30.6. The second kappa shape index (κ2) is 13.5. The Morgan fingerprint density at radius 3 is 2.04 bits per heavy atom. The van der Waals surface area contributed by atoms with E-state index in [1.54, 1.807) is 0 Å². The van der Waals surface area contributed by atoms with Crippen LogP contribution in [0.5, 0.6) is 5.75 Å². The minimum absolute atomic E-state index is 0.173. The number of anilines is 2. The predicted molar refractivity (Wildman–Crippen MR) is 190 cm³/mol. The standard InChI is InChI=1S/C36H38F2N10O7/c1-17(49)53-27-23(21(33(51)52-5)12-22(24(27)37)47-15-43-25-29(39-13-41-31(25)47)45-19-8-6-9-19)28-36(4,55-18(2)50)35(3,38)34(54-28)48-16-44-26-30(40-14-42-32(26)48)46-20-10-7-11-20/h12-16,19-20,28,34H,6-11H2,1-5H3,(H,39,41,45)(H,40,42,46)/t28-,34-,35+,36+/m1/s1. The van der Waals surface area contributed by atoms with Crippen LogP contribution < -0.4 is 15.4 Å². The third kappa shape index (κ3) is 5.87. The highest BCUT2D eigenvalue weighted by molar-refractivity contribution is 5.94. The first kappa shape index (κ1) is 36.1. The number of ether oxygens (including phenoxy) is 4. The fraction of sp³-hybridized carbons (Fsp3) is 0.472. The number of hydrogen-bond donors (Lipinski definition) is 2. The Hall–Kier alpha value is -5.85. The molecule has 17 nitrogen and oxygen atoms in total. The van der Waals surface area contributed by atoms with Gasteiger partial charge in [-0.2, -0.15) is 0 Å². The first-order valence-electron chi connectivity index (χ1n) is 17.9. The van der Waals surface area contributed by atoms with Crippen LogP contribution in [-0.4, -0.2) is 87.4 Å². The van der Waals surface area contributed by atoms with Crippen molar-refractivity contribution in [3.05, 3.63) is 48.3 Å². The summed E-state index contributed by atoms with van der Waals surface area (Å²) in [6.07, 6.45) is 7.70. The predicted octanol–water partition coefficient (Wildman–Crippen LogP) is 5.06. The molecule has 3 aliphatic rings. The van der Waals surface area contributed by atoms with Crippen molar-refractivity contribution in [2.45, 2.75) is 102 Å². The van der Waals surface area contributed by atoms with E-state index in [0.717, 1.165) is 72.5 Å². The second-order valence-corrected chi connectivity index (χ2v) is 14.3. The number of carbonyl (C=O) groups excluding carboxylic acids is 3. The Balaban J connectivity index is 1.30. The van der Waals surface area contributed by atoms with E-state index >= 15 is 8.78 Å².